The molecule has 44 valence electrons. The number of halogens is 1. The van der Waals surface area contributed by atoms with Crippen molar-refractivity contribution in [2.45, 2.75) is 0 Å². The summed E-state index contributed by atoms with van der Waals surface area (Å²) in [5, 5.41) is 0. The quantitative estimate of drug-likeness (QED) is 0.299. The van der Waals surface area contributed by atoms with E-state index in [1.807, 2.05) is 0 Å². The molecule has 0 atom stereocenters. The van der Waals surface area contributed by atoms with Crippen LogP contribution in [0.2, 0.25) is 0 Å². The van der Waals surface area contributed by atoms with E-state index in [9.17, 15) is 0 Å². The Morgan fingerprint density at radius 1 is 1.14 bits per heavy atom. The maximum atomic E-state index is 8.55. The summed E-state index contributed by atoms with van der Waals surface area (Å²) in [5.41, 5.74) is 0. The van der Waals surface area contributed by atoms with Crippen LogP contribution >= 0.6 is 7.82 Å². The van der Waals surface area contributed by atoms with Crippen molar-refractivity contribution in [2.24, 2.45) is 0 Å². The molecule has 0 rings (SSSR count). The standard InChI is InChI=1S/F.Fe.H3O4P/c;;1-5(2,3)4/h;;(H3,1,2,3,4)/q;+3;/p-3. The Morgan fingerprint density at radius 3 is 1.14 bits per heavy atom. The Hall–Kier alpha value is 0.559. The predicted octanol–water partition coefficient (Wildman–Crippen LogP) is -2.41. The van der Waals surface area contributed by atoms with Gasteiger partial charge in [0.2, 0.25) is 0 Å². The molecule has 0 bridgehead atoms. The smallest absolute Gasteiger partial charge is 0.822 e. The SMILES string of the molecule is O=P([O-])([O-])[O-].[F].[Fe+3]. The van der Waals surface area contributed by atoms with E-state index >= 15 is 0 Å². The molecule has 2 radical (unpaired) electrons. The summed E-state index contributed by atoms with van der Waals surface area (Å²) >= 11 is 0. The fraction of sp³-hybridized carbons (Fsp3) is 0. The maximum Gasteiger partial charge on any atom is 3.00 e. The zero-order chi connectivity index (χ0) is 4.50. The molecule has 0 unspecified atom stereocenters. The summed E-state index contributed by atoms with van der Waals surface area (Å²) in [6.45, 7) is 0. The van der Waals surface area contributed by atoms with Gasteiger partial charge in [-0.2, -0.15) is 7.82 Å². The molecule has 0 heterocycles. The molecular weight excluding hydrogens is 170 g/mol. The van der Waals surface area contributed by atoms with Crippen LogP contribution in [0.5, 0.6) is 0 Å². The normalized spacial score (nSPS) is 8.43. The van der Waals surface area contributed by atoms with Gasteiger partial charge in [0.1, 0.15) is 0 Å². The van der Waals surface area contributed by atoms with E-state index in [2.05, 4.69) is 0 Å². The monoisotopic (exact) mass is 170 g/mol. The first-order valence-electron chi connectivity index (χ1n) is 0.730. The molecule has 0 aliphatic carbocycles. The van der Waals surface area contributed by atoms with E-state index < -0.39 is 7.82 Å². The first-order chi connectivity index (χ1) is 2.00. The molecule has 0 N–H and O–H groups in total. The number of hydrogen-bond donors (Lipinski definition) is 0. The predicted molar refractivity (Wildman–Crippen MR) is 8.71 cm³/mol. The Labute approximate surface area is 49.6 Å². The second-order valence-electron chi connectivity index (χ2n) is 0.447. The summed E-state index contributed by atoms with van der Waals surface area (Å²) in [5.74, 6) is 0. The number of phosphoric acid groups is 1. The molecular formula is FFeO4P. The zero-order valence-corrected chi connectivity index (χ0v) is 4.81. The maximum absolute atomic E-state index is 8.55. The van der Waals surface area contributed by atoms with Gasteiger partial charge in [-0.05, 0) is 0 Å². The Morgan fingerprint density at radius 2 is 1.14 bits per heavy atom. The van der Waals surface area contributed by atoms with Gasteiger partial charge in [0.05, 0.1) is 0 Å². The molecule has 4 nitrogen and oxygen atoms in total. The molecule has 7 heteroatoms. The van der Waals surface area contributed by atoms with Gasteiger partial charge in [-0.25, -0.2) is 0 Å². The minimum absolute atomic E-state index is 0. The number of hydrogen-bond acceptors (Lipinski definition) is 4. The van der Waals surface area contributed by atoms with Crippen LogP contribution in [0.25, 0.3) is 0 Å². The van der Waals surface area contributed by atoms with E-state index in [-0.39, 0.29) is 21.8 Å². The van der Waals surface area contributed by atoms with Crippen molar-refractivity contribution < 1.29 is 41.0 Å². The molecule has 0 aromatic carbocycles. The van der Waals surface area contributed by atoms with Crippen molar-refractivity contribution in [1.82, 2.24) is 0 Å². The first-order valence-corrected chi connectivity index (χ1v) is 2.19. The average Bonchev–Trinajstić information content (AvgIpc) is 0.722. The molecule has 0 aromatic heterocycles. The summed E-state index contributed by atoms with van der Waals surface area (Å²) in [4.78, 5) is 25.6. The van der Waals surface area contributed by atoms with Gasteiger partial charge in [-0.15, -0.1) is 0 Å². The summed E-state index contributed by atoms with van der Waals surface area (Å²) in [6, 6.07) is 0. The second kappa shape index (κ2) is 4.71. The van der Waals surface area contributed by atoms with Crippen LogP contribution in [-0.4, -0.2) is 0 Å². The molecule has 0 saturated heterocycles. The van der Waals surface area contributed by atoms with E-state index in [0.29, 0.717) is 0 Å². The van der Waals surface area contributed by atoms with Gasteiger partial charge in [0, 0.05) is 4.70 Å². The van der Waals surface area contributed by atoms with E-state index in [0.717, 1.165) is 0 Å². The molecule has 0 aromatic rings. The van der Waals surface area contributed by atoms with Crippen LogP contribution in [0, 0.1) is 0 Å². The molecule has 0 fully saturated rings. The van der Waals surface area contributed by atoms with Gasteiger partial charge in [0.25, 0.3) is 0 Å². The third kappa shape index (κ3) is 436. The largest absolute Gasteiger partial charge is 3.00 e. The summed E-state index contributed by atoms with van der Waals surface area (Å²) in [6.07, 6.45) is 0. The van der Waals surface area contributed by atoms with Gasteiger partial charge in [0.15, 0.2) is 0 Å². The molecule has 7 heavy (non-hydrogen) atoms. The van der Waals surface area contributed by atoms with Crippen LogP contribution in [-0.2, 0) is 21.6 Å². The first kappa shape index (κ1) is 15.6. The third-order valence-electron chi connectivity index (χ3n) is 0. The molecule has 0 aliphatic rings. The molecule has 0 amide bonds. The Balaban J connectivity index is -0.0000000800. The second-order valence-corrected chi connectivity index (χ2v) is 1.34. The van der Waals surface area contributed by atoms with Crippen molar-refractivity contribution in [3.8, 4) is 0 Å². The zero-order valence-electron chi connectivity index (χ0n) is 2.81. The molecule has 0 aliphatic heterocycles. The van der Waals surface area contributed by atoms with Crippen LogP contribution in [0.1, 0.15) is 0 Å². The third-order valence-corrected chi connectivity index (χ3v) is 0. The van der Waals surface area contributed by atoms with Crippen LogP contribution in [0.15, 0.2) is 0 Å². The molecule has 0 spiro atoms. The van der Waals surface area contributed by atoms with Crippen LogP contribution in [0.3, 0.4) is 0 Å². The summed E-state index contributed by atoms with van der Waals surface area (Å²) in [7, 11) is -5.39. The Bertz CT molecular complexity index is 57.8. The fourth-order valence-corrected chi connectivity index (χ4v) is 0. The van der Waals surface area contributed by atoms with Crippen molar-refractivity contribution in [3.05, 3.63) is 0 Å². The van der Waals surface area contributed by atoms with Crippen LogP contribution in [0.4, 0.5) is 4.70 Å². The van der Waals surface area contributed by atoms with E-state index in [4.69, 9.17) is 19.2 Å². The fourth-order valence-electron chi connectivity index (χ4n) is 0. The van der Waals surface area contributed by atoms with E-state index in [1.54, 1.807) is 0 Å². The van der Waals surface area contributed by atoms with Gasteiger partial charge in [-0.1, -0.05) is 0 Å². The van der Waals surface area contributed by atoms with Crippen molar-refractivity contribution in [3.63, 3.8) is 0 Å². The van der Waals surface area contributed by atoms with Gasteiger partial charge >= 0.3 is 17.1 Å². The minimum Gasteiger partial charge on any atom is -0.822 e. The van der Waals surface area contributed by atoms with Crippen molar-refractivity contribution >= 4 is 7.82 Å². The topological polar surface area (TPSA) is 86.2 Å². The average molecular weight is 170 g/mol. The Kier molecular flexibility index (Phi) is 10.5. The molecule has 0 saturated carbocycles. The van der Waals surface area contributed by atoms with Crippen molar-refractivity contribution in [1.29, 1.82) is 0 Å². The number of rotatable bonds is 0. The van der Waals surface area contributed by atoms with E-state index in [1.165, 1.54) is 0 Å². The minimum atomic E-state index is -5.39. The van der Waals surface area contributed by atoms with Gasteiger partial charge < -0.3 is 19.2 Å². The van der Waals surface area contributed by atoms with Crippen LogP contribution < -0.4 is 14.7 Å². The summed E-state index contributed by atoms with van der Waals surface area (Å²) < 4.78 is 8.55. The van der Waals surface area contributed by atoms with Crippen molar-refractivity contribution in [2.75, 3.05) is 0 Å². The van der Waals surface area contributed by atoms with Gasteiger partial charge in [-0.3, -0.25) is 0 Å².